The van der Waals surface area contributed by atoms with Gasteiger partial charge in [-0.15, -0.1) is 0 Å². The molecule has 1 unspecified atom stereocenters. The van der Waals surface area contributed by atoms with Crippen molar-refractivity contribution in [3.8, 4) is 0 Å². The molecule has 0 spiro atoms. The molecule has 0 rings (SSSR count). The largest absolute Gasteiger partial charge is 0.481 e. The molecule has 0 saturated carbocycles. The van der Waals surface area contributed by atoms with Crippen LogP contribution in [0.3, 0.4) is 0 Å². The Bertz CT molecular complexity index is 497. The molecule has 8 heteroatoms. The molecule has 2 N–H and O–H groups in total. The average molecular weight is 364 g/mol. The summed E-state index contributed by atoms with van der Waals surface area (Å²) in [7, 11) is -4.81. The number of carboxylic acids is 1. The van der Waals surface area contributed by atoms with E-state index < -0.39 is 33.7 Å². The molecule has 0 aromatic carbocycles. The molecule has 0 amide bonds. The van der Waals surface area contributed by atoms with Crippen molar-refractivity contribution in [2.45, 2.75) is 76.4 Å². The Balaban J connectivity index is 3.92. The van der Waals surface area contributed by atoms with Gasteiger partial charge in [0.1, 0.15) is 0 Å². The van der Waals surface area contributed by atoms with E-state index in [-0.39, 0.29) is 0 Å². The summed E-state index contributed by atoms with van der Waals surface area (Å²) in [6, 6.07) is 0. The summed E-state index contributed by atoms with van der Waals surface area (Å²) in [5, 5.41) is 6.45. The lowest BCUT2D eigenvalue weighted by atomic mass is 10.1. The average Bonchev–Trinajstić information content (AvgIpc) is 2.48. The Hall–Kier alpha value is -1.41. The van der Waals surface area contributed by atoms with Gasteiger partial charge in [-0.3, -0.25) is 14.1 Å². The molecule has 0 saturated heterocycles. The van der Waals surface area contributed by atoms with E-state index in [1.165, 1.54) is 32.1 Å². The van der Waals surface area contributed by atoms with Gasteiger partial charge in [0.25, 0.3) is 10.1 Å². The minimum atomic E-state index is -4.81. The summed E-state index contributed by atoms with van der Waals surface area (Å²) in [5.74, 6) is -2.82. The van der Waals surface area contributed by atoms with E-state index in [4.69, 9.17) is 9.66 Å². The van der Waals surface area contributed by atoms with Crippen LogP contribution < -0.4 is 0 Å². The lowest BCUT2D eigenvalue weighted by molar-refractivity contribution is -0.143. The number of hydrogen-bond donors (Lipinski definition) is 2. The van der Waals surface area contributed by atoms with Crippen molar-refractivity contribution in [1.29, 1.82) is 0 Å². The van der Waals surface area contributed by atoms with Crippen molar-refractivity contribution >= 4 is 22.1 Å². The van der Waals surface area contributed by atoms with Crippen molar-refractivity contribution in [3.05, 3.63) is 12.3 Å². The summed E-state index contributed by atoms with van der Waals surface area (Å²) in [6.07, 6.45) is 11.7. The third-order valence-corrected chi connectivity index (χ3v) is 4.57. The van der Waals surface area contributed by atoms with E-state index in [2.05, 4.69) is 11.7 Å². The first-order valence-electron chi connectivity index (χ1n) is 8.32. The van der Waals surface area contributed by atoms with Gasteiger partial charge in [-0.2, -0.15) is 8.42 Å². The zero-order chi connectivity index (χ0) is 18.4. The van der Waals surface area contributed by atoms with Gasteiger partial charge in [0.15, 0.2) is 5.25 Å². The standard InChI is InChI=1S/C16H28O7S/c1-2-3-4-5-6-7-8-9-10-11-12-23-16(19)14(13-15(17)18)24(20,21)22/h11-12,14H,2-10,13H2,1H3,(H,17,18)(H,20,21,22). The van der Waals surface area contributed by atoms with Crippen LogP contribution in [-0.2, 0) is 24.4 Å². The fourth-order valence-corrected chi connectivity index (χ4v) is 2.78. The smallest absolute Gasteiger partial charge is 0.332 e. The van der Waals surface area contributed by atoms with Crippen molar-refractivity contribution in [3.63, 3.8) is 0 Å². The first-order valence-corrected chi connectivity index (χ1v) is 9.83. The fraction of sp³-hybridized carbons (Fsp3) is 0.750. The van der Waals surface area contributed by atoms with Crippen LogP contribution in [0.5, 0.6) is 0 Å². The third kappa shape index (κ3) is 12.1. The molecule has 140 valence electrons. The van der Waals surface area contributed by atoms with Gasteiger partial charge in [0.05, 0.1) is 12.7 Å². The molecule has 24 heavy (non-hydrogen) atoms. The Morgan fingerprint density at radius 3 is 2.08 bits per heavy atom. The molecule has 7 nitrogen and oxygen atoms in total. The number of carboxylic acid groups (broad SMARTS) is 1. The highest BCUT2D eigenvalue weighted by Gasteiger charge is 2.34. The lowest BCUT2D eigenvalue weighted by Crippen LogP contribution is -2.33. The second kappa shape index (κ2) is 12.9. The van der Waals surface area contributed by atoms with Gasteiger partial charge < -0.3 is 9.84 Å². The predicted octanol–water partition coefficient (Wildman–Crippen LogP) is 3.31. The summed E-state index contributed by atoms with van der Waals surface area (Å²) >= 11 is 0. The maximum absolute atomic E-state index is 11.5. The number of rotatable bonds is 14. The number of allylic oxidation sites excluding steroid dienone is 1. The summed E-state index contributed by atoms with van der Waals surface area (Å²) < 4.78 is 35.4. The van der Waals surface area contributed by atoms with E-state index in [0.717, 1.165) is 25.5 Å². The Morgan fingerprint density at radius 1 is 1.04 bits per heavy atom. The Kier molecular flexibility index (Phi) is 12.2. The molecule has 0 aromatic heterocycles. The minimum Gasteiger partial charge on any atom is -0.481 e. The Labute approximate surface area is 143 Å². The van der Waals surface area contributed by atoms with Crippen LogP contribution in [0, 0.1) is 0 Å². The van der Waals surface area contributed by atoms with Gasteiger partial charge in [-0.05, 0) is 18.9 Å². The molecular weight excluding hydrogens is 336 g/mol. The number of esters is 1. The molecule has 0 aliphatic heterocycles. The highest BCUT2D eigenvalue weighted by atomic mass is 32.2. The first-order chi connectivity index (χ1) is 11.3. The summed E-state index contributed by atoms with van der Waals surface area (Å²) in [6.45, 7) is 2.18. The fourth-order valence-electron chi connectivity index (χ4n) is 2.12. The quantitative estimate of drug-likeness (QED) is 0.210. The van der Waals surface area contributed by atoms with Gasteiger partial charge >= 0.3 is 11.9 Å². The second-order valence-corrected chi connectivity index (χ2v) is 7.27. The maximum Gasteiger partial charge on any atom is 0.332 e. The van der Waals surface area contributed by atoms with E-state index in [0.29, 0.717) is 6.42 Å². The number of carbonyl (C=O) groups is 2. The molecule has 0 aromatic rings. The van der Waals surface area contributed by atoms with Crippen LogP contribution in [0.4, 0.5) is 0 Å². The third-order valence-electron chi connectivity index (χ3n) is 3.49. The maximum atomic E-state index is 11.5. The molecule has 1 atom stereocenters. The van der Waals surface area contributed by atoms with Crippen molar-refractivity contribution in [1.82, 2.24) is 0 Å². The van der Waals surface area contributed by atoms with Crippen LogP contribution in [-0.4, -0.2) is 35.3 Å². The number of hydrogen-bond acceptors (Lipinski definition) is 5. The van der Waals surface area contributed by atoms with Crippen molar-refractivity contribution < 1.29 is 32.4 Å². The van der Waals surface area contributed by atoms with Crippen LogP contribution >= 0.6 is 0 Å². The molecular formula is C16H28O7S. The number of aliphatic carboxylic acids is 1. The Morgan fingerprint density at radius 2 is 1.58 bits per heavy atom. The van der Waals surface area contributed by atoms with Crippen LogP contribution in [0.2, 0.25) is 0 Å². The van der Waals surface area contributed by atoms with Gasteiger partial charge in [-0.1, -0.05) is 51.9 Å². The molecule has 0 heterocycles. The van der Waals surface area contributed by atoms with Crippen LogP contribution in [0.1, 0.15) is 71.1 Å². The van der Waals surface area contributed by atoms with Crippen LogP contribution in [0.15, 0.2) is 12.3 Å². The van der Waals surface area contributed by atoms with E-state index in [9.17, 15) is 18.0 Å². The lowest BCUT2D eigenvalue weighted by Gasteiger charge is -2.08. The molecule has 0 aliphatic carbocycles. The van der Waals surface area contributed by atoms with E-state index >= 15 is 0 Å². The molecule has 0 bridgehead atoms. The zero-order valence-corrected chi connectivity index (χ0v) is 15.0. The van der Waals surface area contributed by atoms with Crippen LogP contribution in [0.25, 0.3) is 0 Å². The first kappa shape index (κ1) is 22.6. The monoisotopic (exact) mass is 364 g/mol. The zero-order valence-electron chi connectivity index (χ0n) is 14.1. The second-order valence-electron chi connectivity index (χ2n) is 5.67. The summed E-state index contributed by atoms with van der Waals surface area (Å²) in [5.41, 5.74) is 0. The molecule has 0 radical (unpaired) electrons. The van der Waals surface area contributed by atoms with E-state index in [1.807, 2.05) is 0 Å². The molecule has 0 fully saturated rings. The minimum absolute atomic E-state index is 0.678. The van der Waals surface area contributed by atoms with Gasteiger partial charge in [0, 0.05) is 0 Å². The number of ether oxygens (including phenoxy) is 1. The highest BCUT2D eigenvalue weighted by Crippen LogP contribution is 2.10. The topological polar surface area (TPSA) is 118 Å². The SMILES string of the molecule is CCCCCCCCCCC=COC(=O)C(CC(=O)O)S(=O)(=O)O. The highest BCUT2D eigenvalue weighted by molar-refractivity contribution is 7.87. The molecule has 0 aliphatic rings. The van der Waals surface area contributed by atoms with Crippen molar-refractivity contribution in [2.75, 3.05) is 0 Å². The van der Waals surface area contributed by atoms with Crippen molar-refractivity contribution in [2.24, 2.45) is 0 Å². The summed E-state index contributed by atoms with van der Waals surface area (Å²) in [4.78, 5) is 22.0. The normalized spacial score (nSPS) is 13.1. The number of unbranched alkanes of at least 4 members (excludes halogenated alkanes) is 8. The number of carbonyl (C=O) groups excluding carboxylic acids is 1. The van der Waals surface area contributed by atoms with Gasteiger partial charge in [0.2, 0.25) is 0 Å². The predicted molar refractivity (Wildman–Crippen MR) is 90.0 cm³/mol. The van der Waals surface area contributed by atoms with Gasteiger partial charge in [-0.25, -0.2) is 0 Å². The van der Waals surface area contributed by atoms with E-state index in [1.54, 1.807) is 6.08 Å².